The molecular formula is C20H17BrN2O3S. The van der Waals surface area contributed by atoms with Gasteiger partial charge in [-0.25, -0.2) is 9.38 Å². The quantitative estimate of drug-likeness (QED) is 0.481. The van der Waals surface area contributed by atoms with Gasteiger partial charge in [-0.3, -0.25) is 4.79 Å². The third-order valence-electron chi connectivity index (χ3n) is 4.43. The summed E-state index contributed by atoms with van der Waals surface area (Å²) in [6.07, 6.45) is 1.85. The van der Waals surface area contributed by atoms with E-state index in [9.17, 15) is 4.79 Å². The summed E-state index contributed by atoms with van der Waals surface area (Å²) in [7, 11) is 3.17. The Labute approximate surface area is 168 Å². The van der Waals surface area contributed by atoms with Crippen LogP contribution in [0.3, 0.4) is 0 Å². The standard InChI is InChI=1S/C20H17BrN2O3S/c1-10-5-11(2)17-14(6-10)23-19(24)16(27-20(23)22-17)9-12-7-13(21)18(26-4)15(8-12)25-3/h5-9H,1-4H3/b16-9-. The molecule has 0 aliphatic rings. The van der Waals surface area contributed by atoms with E-state index in [1.54, 1.807) is 18.6 Å². The minimum Gasteiger partial charge on any atom is -0.493 e. The van der Waals surface area contributed by atoms with Crippen LogP contribution in [0, 0.1) is 13.8 Å². The van der Waals surface area contributed by atoms with Gasteiger partial charge in [0.2, 0.25) is 0 Å². The third-order valence-corrected chi connectivity index (χ3v) is 5.99. The Balaban J connectivity index is 1.96. The van der Waals surface area contributed by atoms with Gasteiger partial charge >= 0.3 is 0 Å². The van der Waals surface area contributed by atoms with Gasteiger partial charge < -0.3 is 9.47 Å². The van der Waals surface area contributed by atoms with Gasteiger partial charge in [-0.05, 0) is 70.7 Å². The Bertz CT molecular complexity index is 1310. The number of imidazole rings is 1. The zero-order valence-corrected chi connectivity index (χ0v) is 17.7. The number of aromatic nitrogens is 2. The Morgan fingerprint density at radius 3 is 2.63 bits per heavy atom. The van der Waals surface area contributed by atoms with Crippen LogP contribution in [0.25, 0.3) is 22.1 Å². The number of aryl methyl sites for hydroxylation is 2. The lowest BCUT2D eigenvalue weighted by Crippen LogP contribution is -2.22. The normalized spacial score (nSPS) is 12.3. The summed E-state index contributed by atoms with van der Waals surface area (Å²) in [5.74, 6) is 1.22. The van der Waals surface area contributed by atoms with Crippen LogP contribution in [0.4, 0.5) is 0 Å². The van der Waals surface area contributed by atoms with Crippen LogP contribution in [0.5, 0.6) is 11.5 Å². The number of nitrogens with zero attached hydrogens (tertiary/aromatic N) is 2. The Morgan fingerprint density at radius 1 is 1.15 bits per heavy atom. The summed E-state index contributed by atoms with van der Waals surface area (Å²) in [5.41, 5.74) is 4.71. The minimum atomic E-state index is -0.0617. The number of hydrogen-bond donors (Lipinski definition) is 0. The van der Waals surface area contributed by atoms with Crippen LogP contribution in [0.2, 0.25) is 0 Å². The molecule has 0 saturated heterocycles. The topological polar surface area (TPSA) is 52.8 Å². The molecular weight excluding hydrogens is 428 g/mol. The van der Waals surface area contributed by atoms with Crippen LogP contribution in [0.15, 0.2) is 33.5 Å². The molecule has 2 aromatic carbocycles. The molecule has 0 aliphatic heterocycles. The number of benzene rings is 2. The van der Waals surface area contributed by atoms with Crippen molar-refractivity contribution in [2.45, 2.75) is 13.8 Å². The number of methoxy groups -OCH3 is 2. The van der Waals surface area contributed by atoms with Gasteiger partial charge in [-0.1, -0.05) is 17.4 Å². The van der Waals surface area contributed by atoms with Crippen LogP contribution < -0.4 is 19.6 Å². The molecule has 2 aromatic heterocycles. The second-order valence-electron chi connectivity index (χ2n) is 6.33. The number of halogens is 1. The molecule has 5 nitrogen and oxygen atoms in total. The van der Waals surface area contributed by atoms with Gasteiger partial charge in [0.15, 0.2) is 16.5 Å². The first-order valence-electron chi connectivity index (χ1n) is 8.28. The average molecular weight is 445 g/mol. The maximum Gasteiger partial charge on any atom is 0.274 e. The van der Waals surface area contributed by atoms with Crippen LogP contribution >= 0.6 is 27.3 Å². The average Bonchev–Trinajstić information content (AvgIpc) is 3.12. The van der Waals surface area contributed by atoms with E-state index in [-0.39, 0.29) is 5.56 Å². The van der Waals surface area contributed by atoms with E-state index in [0.29, 0.717) is 21.0 Å². The molecule has 0 amide bonds. The van der Waals surface area contributed by atoms with Crippen molar-refractivity contribution in [3.63, 3.8) is 0 Å². The smallest absolute Gasteiger partial charge is 0.274 e. The monoisotopic (exact) mass is 444 g/mol. The second-order valence-corrected chi connectivity index (χ2v) is 8.20. The first-order chi connectivity index (χ1) is 12.9. The highest BCUT2D eigenvalue weighted by Gasteiger charge is 2.14. The number of fused-ring (bicyclic) bond motifs is 3. The predicted molar refractivity (Wildman–Crippen MR) is 112 cm³/mol. The van der Waals surface area contributed by atoms with Crippen molar-refractivity contribution in [2.75, 3.05) is 14.2 Å². The fraction of sp³-hybridized carbons (Fsp3) is 0.200. The molecule has 0 aliphatic carbocycles. The fourth-order valence-electron chi connectivity index (χ4n) is 3.28. The molecule has 0 saturated carbocycles. The van der Waals surface area contributed by atoms with E-state index in [4.69, 9.17) is 9.47 Å². The van der Waals surface area contributed by atoms with E-state index in [2.05, 4.69) is 27.0 Å². The lowest BCUT2D eigenvalue weighted by Gasteiger charge is -2.10. The summed E-state index contributed by atoms with van der Waals surface area (Å²) in [5, 5.41) is 0. The largest absolute Gasteiger partial charge is 0.493 e. The highest BCUT2D eigenvalue weighted by atomic mass is 79.9. The number of hydrogen-bond acceptors (Lipinski definition) is 5. The van der Waals surface area contributed by atoms with Crippen molar-refractivity contribution >= 4 is 49.3 Å². The van der Waals surface area contributed by atoms with Crippen molar-refractivity contribution < 1.29 is 9.47 Å². The van der Waals surface area contributed by atoms with E-state index in [0.717, 1.165) is 32.2 Å². The molecule has 27 heavy (non-hydrogen) atoms. The van der Waals surface area contributed by atoms with E-state index < -0.39 is 0 Å². The SMILES string of the molecule is COc1cc(/C=c2\sc3nc4c(C)cc(C)cc4n3c2=O)cc(Br)c1OC. The fourth-order valence-corrected chi connectivity index (χ4v) is 4.88. The molecule has 138 valence electrons. The van der Waals surface area contributed by atoms with E-state index in [1.165, 1.54) is 11.3 Å². The van der Waals surface area contributed by atoms with Crippen LogP contribution in [-0.2, 0) is 0 Å². The zero-order valence-electron chi connectivity index (χ0n) is 15.3. The zero-order chi connectivity index (χ0) is 19.3. The van der Waals surface area contributed by atoms with Gasteiger partial charge in [-0.2, -0.15) is 0 Å². The number of rotatable bonds is 3. The molecule has 0 fully saturated rings. The maximum atomic E-state index is 13.0. The summed E-state index contributed by atoms with van der Waals surface area (Å²) < 4.78 is 13.8. The molecule has 0 atom stereocenters. The summed E-state index contributed by atoms with van der Waals surface area (Å²) in [6.45, 7) is 4.04. The lowest BCUT2D eigenvalue weighted by molar-refractivity contribution is 0.353. The van der Waals surface area contributed by atoms with Gasteiger partial charge in [0.05, 0.1) is 34.3 Å². The molecule has 0 spiro atoms. The first-order valence-corrected chi connectivity index (χ1v) is 9.89. The molecule has 0 N–H and O–H groups in total. The van der Waals surface area contributed by atoms with Gasteiger partial charge in [-0.15, -0.1) is 0 Å². The molecule has 4 rings (SSSR count). The van der Waals surface area contributed by atoms with Crippen molar-refractivity contribution in [1.29, 1.82) is 0 Å². The van der Waals surface area contributed by atoms with Crippen molar-refractivity contribution in [3.8, 4) is 11.5 Å². The summed E-state index contributed by atoms with van der Waals surface area (Å²) in [4.78, 5) is 18.4. The maximum absolute atomic E-state index is 13.0. The summed E-state index contributed by atoms with van der Waals surface area (Å²) in [6, 6.07) is 7.83. The minimum absolute atomic E-state index is 0.0617. The molecule has 7 heteroatoms. The van der Waals surface area contributed by atoms with E-state index in [1.807, 2.05) is 38.1 Å². The molecule has 0 bridgehead atoms. The van der Waals surface area contributed by atoms with Crippen molar-refractivity contribution in [2.24, 2.45) is 0 Å². The highest BCUT2D eigenvalue weighted by Crippen LogP contribution is 2.36. The Hall–Kier alpha value is -2.38. The molecule has 0 radical (unpaired) electrons. The molecule has 4 aromatic rings. The Kier molecular flexibility index (Phi) is 4.44. The van der Waals surface area contributed by atoms with Gasteiger partial charge in [0.25, 0.3) is 5.56 Å². The van der Waals surface area contributed by atoms with Crippen molar-refractivity contribution in [3.05, 3.63) is 60.3 Å². The second kappa shape index (κ2) is 6.65. The number of thiazole rings is 1. The van der Waals surface area contributed by atoms with Crippen molar-refractivity contribution in [1.82, 2.24) is 9.38 Å². The summed E-state index contributed by atoms with van der Waals surface area (Å²) >= 11 is 4.87. The predicted octanol–water partition coefficient (Wildman–Crippen LogP) is 3.85. The van der Waals surface area contributed by atoms with E-state index >= 15 is 0 Å². The third kappa shape index (κ3) is 2.91. The van der Waals surface area contributed by atoms with Gasteiger partial charge in [0, 0.05) is 0 Å². The number of ether oxygens (including phenoxy) is 2. The Morgan fingerprint density at radius 2 is 1.93 bits per heavy atom. The van der Waals surface area contributed by atoms with Crippen LogP contribution in [0.1, 0.15) is 16.7 Å². The van der Waals surface area contributed by atoms with Crippen LogP contribution in [-0.4, -0.2) is 23.6 Å². The highest BCUT2D eigenvalue weighted by molar-refractivity contribution is 9.10. The van der Waals surface area contributed by atoms with Gasteiger partial charge in [0.1, 0.15) is 0 Å². The lowest BCUT2D eigenvalue weighted by atomic mass is 10.1. The molecule has 2 heterocycles. The molecule has 0 unspecified atom stereocenters. The first kappa shape index (κ1) is 18.0.